The molecule has 0 radical (unpaired) electrons. The van der Waals surface area contributed by atoms with E-state index in [2.05, 4.69) is 20.7 Å². The molecule has 1 spiro atoms. The zero-order chi connectivity index (χ0) is 22.4. The number of benzene rings is 2. The van der Waals surface area contributed by atoms with Gasteiger partial charge in [-0.3, -0.25) is 14.4 Å². The molecule has 5 N–H and O–H groups in total. The van der Waals surface area contributed by atoms with Crippen LogP contribution >= 0.6 is 0 Å². The number of nitrogens with two attached hydrogens (primary N) is 1. The summed E-state index contributed by atoms with van der Waals surface area (Å²) < 4.78 is 42.2. The van der Waals surface area contributed by atoms with Gasteiger partial charge in [0, 0.05) is 17.8 Å². The van der Waals surface area contributed by atoms with Crippen LogP contribution in [-0.4, -0.2) is 36.7 Å². The van der Waals surface area contributed by atoms with Crippen LogP contribution in [0, 0.1) is 0 Å². The van der Waals surface area contributed by atoms with Crippen LogP contribution in [0.5, 0.6) is 5.75 Å². The largest absolute Gasteiger partial charge is 0.573 e. The smallest absolute Gasteiger partial charge is 0.404 e. The number of amides is 3. The maximum atomic E-state index is 12.8. The Balaban J connectivity index is 1.57. The van der Waals surface area contributed by atoms with Crippen molar-refractivity contribution in [3.05, 3.63) is 53.6 Å². The lowest BCUT2D eigenvalue weighted by atomic mass is 9.79. The van der Waals surface area contributed by atoms with Crippen LogP contribution in [0.4, 0.5) is 24.5 Å². The molecule has 0 bridgehead atoms. The third-order valence-corrected chi connectivity index (χ3v) is 5.38. The molecule has 2 atom stereocenters. The van der Waals surface area contributed by atoms with E-state index in [-0.39, 0.29) is 23.6 Å². The summed E-state index contributed by atoms with van der Waals surface area (Å²) in [6.45, 7) is 0.303. The standard InChI is InChI=1S/C20H17F3N4O4/c21-20(22,23)31-15-7-10(16(24)28)5-6-13(15)26-17(29)14-8-19(18(30)27-14)9-25-12-4-2-1-3-11(12)19/h1-7,14,25H,8-9H2,(H2,24,28)(H,26,29)(H,27,30). The van der Waals surface area contributed by atoms with Gasteiger partial charge in [0.25, 0.3) is 0 Å². The first-order chi connectivity index (χ1) is 14.6. The van der Waals surface area contributed by atoms with Gasteiger partial charge < -0.3 is 26.4 Å². The fourth-order valence-electron chi connectivity index (χ4n) is 3.94. The van der Waals surface area contributed by atoms with Crippen molar-refractivity contribution < 1.29 is 32.3 Å². The topological polar surface area (TPSA) is 123 Å². The lowest BCUT2D eigenvalue weighted by Gasteiger charge is -2.20. The fraction of sp³-hybridized carbons (Fsp3) is 0.250. The highest BCUT2D eigenvalue weighted by Gasteiger charge is 2.53. The van der Waals surface area contributed by atoms with E-state index in [4.69, 9.17) is 5.73 Å². The number of halogens is 3. The molecule has 0 saturated carbocycles. The first-order valence-electron chi connectivity index (χ1n) is 9.24. The predicted octanol–water partition coefficient (Wildman–Crippen LogP) is 1.87. The van der Waals surface area contributed by atoms with Crippen molar-refractivity contribution in [3.8, 4) is 5.75 Å². The van der Waals surface area contributed by atoms with Crippen LogP contribution in [0.2, 0.25) is 0 Å². The Kier molecular flexibility index (Phi) is 4.75. The summed E-state index contributed by atoms with van der Waals surface area (Å²) >= 11 is 0. The molecule has 31 heavy (non-hydrogen) atoms. The summed E-state index contributed by atoms with van der Waals surface area (Å²) in [5, 5.41) is 8.10. The highest BCUT2D eigenvalue weighted by molar-refractivity contribution is 6.04. The molecule has 8 nitrogen and oxygen atoms in total. The SMILES string of the molecule is NC(=O)c1ccc(NC(=O)C2CC3(CNc4ccccc43)C(=O)N2)c(OC(F)(F)F)c1. The molecule has 0 aromatic heterocycles. The minimum absolute atomic E-state index is 0.122. The molecular weight excluding hydrogens is 417 g/mol. The van der Waals surface area contributed by atoms with E-state index in [1.807, 2.05) is 12.1 Å². The van der Waals surface area contributed by atoms with Gasteiger partial charge >= 0.3 is 6.36 Å². The molecule has 4 rings (SSSR count). The van der Waals surface area contributed by atoms with Gasteiger partial charge in [-0.25, -0.2) is 0 Å². The normalized spacial score (nSPS) is 21.9. The number of alkyl halides is 3. The number of hydrogen-bond acceptors (Lipinski definition) is 5. The Labute approximate surface area is 173 Å². The van der Waals surface area contributed by atoms with Gasteiger partial charge in [-0.1, -0.05) is 18.2 Å². The molecule has 2 heterocycles. The van der Waals surface area contributed by atoms with E-state index in [1.165, 1.54) is 0 Å². The van der Waals surface area contributed by atoms with Crippen molar-refractivity contribution in [3.63, 3.8) is 0 Å². The molecule has 2 unspecified atom stereocenters. The number of fused-ring (bicyclic) bond motifs is 2. The van der Waals surface area contributed by atoms with Crippen molar-refractivity contribution in [1.82, 2.24) is 5.32 Å². The molecule has 2 aromatic carbocycles. The molecule has 0 aliphatic carbocycles. The summed E-state index contributed by atoms with van der Waals surface area (Å²) in [4.78, 5) is 36.8. The van der Waals surface area contributed by atoms with E-state index >= 15 is 0 Å². The number of ether oxygens (including phenoxy) is 1. The summed E-state index contributed by atoms with van der Waals surface area (Å²) in [5.74, 6) is -2.80. The molecule has 2 aliphatic rings. The van der Waals surface area contributed by atoms with Crippen LogP contribution in [0.1, 0.15) is 22.3 Å². The Morgan fingerprint density at radius 1 is 1.19 bits per heavy atom. The molecule has 1 fully saturated rings. The average molecular weight is 434 g/mol. The molecule has 1 saturated heterocycles. The van der Waals surface area contributed by atoms with Crippen LogP contribution in [0.3, 0.4) is 0 Å². The highest BCUT2D eigenvalue weighted by atomic mass is 19.4. The zero-order valence-corrected chi connectivity index (χ0v) is 15.9. The maximum absolute atomic E-state index is 12.8. The Morgan fingerprint density at radius 2 is 1.94 bits per heavy atom. The van der Waals surface area contributed by atoms with Crippen molar-refractivity contribution in [1.29, 1.82) is 0 Å². The first kappa shape index (κ1) is 20.5. The monoisotopic (exact) mass is 434 g/mol. The van der Waals surface area contributed by atoms with E-state index in [9.17, 15) is 27.6 Å². The predicted molar refractivity (Wildman–Crippen MR) is 103 cm³/mol. The van der Waals surface area contributed by atoms with E-state index in [0.717, 1.165) is 29.4 Å². The molecule has 2 aromatic rings. The van der Waals surface area contributed by atoms with Crippen LogP contribution in [0.15, 0.2) is 42.5 Å². The second-order valence-corrected chi connectivity index (χ2v) is 7.32. The van der Waals surface area contributed by atoms with Gasteiger partial charge in [0.1, 0.15) is 6.04 Å². The quantitative estimate of drug-likeness (QED) is 0.585. The van der Waals surface area contributed by atoms with Crippen molar-refractivity contribution in [2.24, 2.45) is 5.73 Å². The second kappa shape index (κ2) is 7.18. The number of primary amides is 1. The third kappa shape index (κ3) is 3.74. The van der Waals surface area contributed by atoms with Gasteiger partial charge in [0.15, 0.2) is 5.75 Å². The molecule has 162 valence electrons. The highest BCUT2D eigenvalue weighted by Crippen LogP contribution is 2.43. The van der Waals surface area contributed by atoms with Gasteiger partial charge in [0.05, 0.1) is 11.1 Å². The number of carbonyl (C=O) groups excluding carboxylic acids is 3. The van der Waals surface area contributed by atoms with Gasteiger partial charge in [-0.2, -0.15) is 0 Å². The number of para-hydroxylation sites is 1. The lowest BCUT2D eigenvalue weighted by molar-refractivity contribution is -0.274. The minimum Gasteiger partial charge on any atom is -0.404 e. The number of rotatable bonds is 4. The van der Waals surface area contributed by atoms with Gasteiger partial charge in [-0.05, 0) is 36.2 Å². The number of anilines is 2. The van der Waals surface area contributed by atoms with Crippen LogP contribution in [0.25, 0.3) is 0 Å². The molecule has 2 aliphatic heterocycles. The number of hydrogen-bond donors (Lipinski definition) is 4. The minimum atomic E-state index is -5.05. The first-order valence-corrected chi connectivity index (χ1v) is 9.24. The lowest BCUT2D eigenvalue weighted by Crippen LogP contribution is -2.39. The summed E-state index contributed by atoms with van der Waals surface area (Å²) in [6.07, 6.45) is -4.93. The molecular formula is C20H17F3N4O4. The average Bonchev–Trinajstić information content (AvgIpc) is 3.24. The number of nitrogens with one attached hydrogen (secondary N) is 3. The maximum Gasteiger partial charge on any atom is 0.573 e. The Hall–Kier alpha value is -3.76. The van der Waals surface area contributed by atoms with Gasteiger partial charge in [-0.15, -0.1) is 13.2 Å². The van der Waals surface area contributed by atoms with E-state index in [0.29, 0.717) is 6.54 Å². The Bertz CT molecular complexity index is 1090. The second-order valence-electron chi connectivity index (χ2n) is 7.32. The summed E-state index contributed by atoms with van der Waals surface area (Å²) in [5.41, 5.74) is 5.17. The Morgan fingerprint density at radius 3 is 2.65 bits per heavy atom. The summed E-state index contributed by atoms with van der Waals surface area (Å²) in [6, 6.07) is 9.28. The van der Waals surface area contributed by atoms with Crippen molar-refractivity contribution in [2.75, 3.05) is 17.2 Å². The van der Waals surface area contributed by atoms with E-state index < -0.39 is 35.4 Å². The van der Waals surface area contributed by atoms with E-state index in [1.54, 1.807) is 12.1 Å². The fourth-order valence-corrected chi connectivity index (χ4v) is 3.94. The summed E-state index contributed by atoms with van der Waals surface area (Å²) in [7, 11) is 0. The van der Waals surface area contributed by atoms with Crippen molar-refractivity contribution >= 4 is 29.1 Å². The number of carbonyl (C=O) groups is 3. The zero-order valence-electron chi connectivity index (χ0n) is 15.9. The van der Waals surface area contributed by atoms with Crippen LogP contribution < -0.4 is 26.4 Å². The molecule has 11 heteroatoms. The van der Waals surface area contributed by atoms with Crippen molar-refractivity contribution in [2.45, 2.75) is 24.2 Å². The molecule has 3 amide bonds. The van der Waals surface area contributed by atoms with Crippen LogP contribution in [-0.2, 0) is 15.0 Å². The van der Waals surface area contributed by atoms with Gasteiger partial charge in [0.2, 0.25) is 17.7 Å². The third-order valence-electron chi connectivity index (χ3n) is 5.38.